The van der Waals surface area contributed by atoms with Crippen LogP contribution in [0.2, 0.25) is 10.0 Å². The number of thiazole rings is 1. The summed E-state index contributed by atoms with van der Waals surface area (Å²) in [5.74, 6) is -0.603. The zero-order valence-corrected chi connectivity index (χ0v) is 28.9. The highest BCUT2D eigenvalue weighted by atomic mass is 35.5. The Morgan fingerprint density at radius 2 is 1.81 bits per heavy atom. The number of esters is 1. The number of fused-ring (bicyclic) bond motifs is 1. The molecule has 1 atom stereocenters. The number of carbonyl (C=O) groups excluding carboxylic acids is 1. The molecule has 0 amide bonds. The van der Waals surface area contributed by atoms with Crippen molar-refractivity contribution in [3.05, 3.63) is 118 Å². The van der Waals surface area contributed by atoms with Crippen LogP contribution in [0.15, 0.2) is 75.7 Å². The lowest BCUT2D eigenvalue weighted by molar-refractivity contribution is -0.139. The molecule has 0 saturated heterocycles. The number of benzene rings is 3. The summed E-state index contributed by atoms with van der Waals surface area (Å²) >= 11 is 14.3. The first-order valence-corrected chi connectivity index (χ1v) is 16.5. The van der Waals surface area contributed by atoms with Gasteiger partial charge in [0, 0.05) is 10.6 Å². The SMILES string of the molecule is CCCC1=C(C(=O)OCC)[C@@H](c2cc(Cl)ccc2OC)n2c(s/c(=C/c3cc(Cl)c(OCc4cccc(C(=O)O)c4)c(OC)c3)c2=O)=N1. The van der Waals surface area contributed by atoms with Gasteiger partial charge in [0.1, 0.15) is 18.4 Å². The lowest BCUT2D eigenvalue weighted by Gasteiger charge is -2.27. The van der Waals surface area contributed by atoms with Crippen molar-refractivity contribution in [3.8, 4) is 17.2 Å². The van der Waals surface area contributed by atoms with Crippen molar-refractivity contribution in [2.24, 2.45) is 4.99 Å². The van der Waals surface area contributed by atoms with E-state index in [2.05, 4.69) is 0 Å². The summed E-state index contributed by atoms with van der Waals surface area (Å²) in [5.41, 5.74) is 2.22. The Morgan fingerprint density at radius 3 is 2.50 bits per heavy atom. The first kappa shape index (κ1) is 34.7. The van der Waals surface area contributed by atoms with Gasteiger partial charge in [0.2, 0.25) is 0 Å². The van der Waals surface area contributed by atoms with Crippen LogP contribution < -0.4 is 29.1 Å². The minimum atomic E-state index is -1.04. The number of halogens is 2. The van der Waals surface area contributed by atoms with Crippen LogP contribution in [0.1, 0.15) is 59.8 Å². The van der Waals surface area contributed by atoms with E-state index < -0.39 is 23.5 Å². The van der Waals surface area contributed by atoms with Crippen LogP contribution in [0.5, 0.6) is 17.2 Å². The van der Waals surface area contributed by atoms with Gasteiger partial charge < -0.3 is 24.1 Å². The predicted octanol–water partition coefficient (Wildman–Crippen LogP) is 6.18. The Labute approximate surface area is 290 Å². The average molecular weight is 712 g/mol. The maximum Gasteiger partial charge on any atom is 0.338 e. The molecule has 1 aromatic heterocycles. The molecule has 0 bridgehead atoms. The molecule has 13 heteroatoms. The van der Waals surface area contributed by atoms with Gasteiger partial charge in [0.15, 0.2) is 16.3 Å². The number of aromatic carboxylic acids is 1. The fourth-order valence-corrected chi connectivity index (χ4v) is 6.87. The fourth-order valence-electron chi connectivity index (χ4n) is 5.40. The van der Waals surface area contributed by atoms with E-state index >= 15 is 0 Å². The van der Waals surface area contributed by atoms with Gasteiger partial charge in [-0.15, -0.1) is 0 Å². The molecule has 0 saturated carbocycles. The lowest BCUT2D eigenvalue weighted by atomic mass is 9.93. The van der Waals surface area contributed by atoms with Crippen molar-refractivity contribution in [1.82, 2.24) is 4.57 Å². The second-order valence-corrected chi connectivity index (χ2v) is 12.5. The van der Waals surface area contributed by atoms with Crippen molar-refractivity contribution < 1.29 is 33.6 Å². The van der Waals surface area contributed by atoms with Crippen molar-refractivity contribution in [2.75, 3.05) is 20.8 Å². The van der Waals surface area contributed by atoms with Crippen LogP contribution in [0.4, 0.5) is 0 Å². The number of ether oxygens (including phenoxy) is 4. The number of carboxylic acid groups (broad SMARTS) is 1. The van der Waals surface area contributed by atoms with Gasteiger partial charge in [0.25, 0.3) is 5.56 Å². The van der Waals surface area contributed by atoms with E-state index in [1.54, 1.807) is 55.5 Å². The molecular weight excluding hydrogens is 679 g/mol. The number of carbonyl (C=O) groups is 2. The molecule has 10 nitrogen and oxygen atoms in total. The topological polar surface area (TPSA) is 126 Å². The first-order chi connectivity index (χ1) is 23.1. The molecule has 0 spiro atoms. The van der Waals surface area contributed by atoms with E-state index in [0.29, 0.717) is 61.1 Å². The van der Waals surface area contributed by atoms with Gasteiger partial charge >= 0.3 is 11.9 Å². The molecular formula is C35H32Cl2N2O8S. The Balaban J connectivity index is 1.62. The minimum absolute atomic E-state index is 0.0466. The van der Waals surface area contributed by atoms with Crippen LogP contribution in [0, 0.1) is 0 Å². The summed E-state index contributed by atoms with van der Waals surface area (Å²) in [6.07, 6.45) is 2.85. The molecule has 1 aliphatic rings. The summed E-state index contributed by atoms with van der Waals surface area (Å²) < 4.78 is 24.4. The molecule has 1 aliphatic heterocycles. The molecule has 2 heterocycles. The van der Waals surface area contributed by atoms with Gasteiger partial charge in [-0.3, -0.25) is 9.36 Å². The van der Waals surface area contributed by atoms with Gasteiger partial charge in [-0.25, -0.2) is 14.6 Å². The quantitative estimate of drug-likeness (QED) is 0.173. The molecule has 0 aliphatic carbocycles. The van der Waals surface area contributed by atoms with E-state index in [9.17, 15) is 19.5 Å². The van der Waals surface area contributed by atoms with Gasteiger partial charge in [-0.1, -0.05) is 60.0 Å². The smallest absolute Gasteiger partial charge is 0.338 e. The van der Waals surface area contributed by atoms with Gasteiger partial charge in [0.05, 0.1) is 47.2 Å². The molecule has 4 aromatic rings. The number of aromatic nitrogens is 1. The molecule has 0 unspecified atom stereocenters. The predicted molar refractivity (Wildman–Crippen MR) is 183 cm³/mol. The highest BCUT2D eigenvalue weighted by molar-refractivity contribution is 7.07. The molecule has 250 valence electrons. The number of rotatable bonds is 12. The zero-order chi connectivity index (χ0) is 34.5. The first-order valence-electron chi connectivity index (χ1n) is 15.0. The van der Waals surface area contributed by atoms with Crippen LogP contribution in [-0.2, 0) is 16.1 Å². The van der Waals surface area contributed by atoms with Crippen molar-refractivity contribution >= 4 is 52.6 Å². The number of hydrogen-bond acceptors (Lipinski definition) is 9. The summed E-state index contributed by atoms with van der Waals surface area (Å²) in [6, 6.07) is 13.8. The molecule has 0 radical (unpaired) electrons. The highest BCUT2D eigenvalue weighted by Crippen LogP contribution is 2.39. The minimum Gasteiger partial charge on any atom is -0.496 e. The van der Waals surface area contributed by atoms with Crippen LogP contribution in [-0.4, -0.2) is 42.4 Å². The van der Waals surface area contributed by atoms with Crippen LogP contribution in [0.25, 0.3) is 6.08 Å². The van der Waals surface area contributed by atoms with Gasteiger partial charge in [-0.05, 0) is 73.0 Å². The van der Waals surface area contributed by atoms with Gasteiger partial charge in [-0.2, -0.15) is 0 Å². The maximum atomic E-state index is 14.2. The Hall–Kier alpha value is -4.58. The summed E-state index contributed by atoms with van der Waals surface area (Å²) in [7, 11) is 2.97. The number of methoxy groups -OCH3 is 2. The van der Waals surface area contributed by atoms with Crippen LogP contribution >= 0.6 is 34.5 Å². The maximum absolute atomic E-state index is 14.2. The third kappa shape index (κ3) is 7.13. The van der Waals surface area contributed by atoms with E-state index in [4.69, 9.17) is 47.1 Å². The fraction of sp³-hybridized carbons (Fsp3) is 0.257. The Morgan fingerprint density at radius 1 is 1.04 bits per heavy atom. The second kappa shape index (κ2) is 15.1. The van der Waals surface area contributed by atoms with Crippen LogP contribution in [0.3, 0.4) is 0 Å². The number of allylic oxidation sites excluding steroid dienone is 1. The number of nitrogens with zero attached hydrogens (tertiary/aromatic N) is 2. The van der Waals surface area contributed by atoms with Crippen molar-refractivity contribution in [1.29, 1.82) is 0 Å². The zero-order valence-electron chi connectivity index (χ0n) is 26.5. The van der Waals surface area contributed by atoms with E-state index in [1.165, 1.54) is 42.3 Å². The molecule has 5 rings (SSSR count). The summed E-state index contributed by atoms with van der Waals surface area (Å²) in [6.45, 7) is 3.88. The third-order valence-electron chi connectivity index (χ3n) is 7.49. The van der Waals surface area contributed by atoms with E-state index in [1.807, 2.05) is 6.92 Å². The summed E-state index contributed by atoms with van der Waals surface area (Å²) in [4.78, 5) is 44.3. The monoisotopic (exact) mass is 710 g/mol. The summed E-state index contributed by atoms with van der Waals surface area (Å²) in [5, 5.41) is 9.93. The van der Waals surface area contributed by atoms with E-state index in [-0.39, 0.29) is 35.1 Å². The van der Waals surface area contributed by atoms with Crippen molar-refractivity contribution in [2.45, 2.75) is 39.3 Å². The van der Waals surface area contributed by atoms with E-state index in [0.717, 1.165) is 0 Å². The Bertz CT molecular complexity index is 2100. The highest BCUT2D eigenvalue weighted by Gasteiger charge is 2.36. The molecule has 1 N–H and O–H groups in total. The largest absolute Gasteiger partial charge is 0.496 e. The van der Waals surface area contributed by atoms with Crippen molar-refractivity contribution in [3.63, 3.8) is 0 Å². The molecule has 0 fully saturated rings. The Kier molecular flexibility index (Phi) is 10.9. The third-order valence-corrected chi connectivity index (χ3v) is 8.98. The average Bonchev–Trinajstić information content (AvgIpc) is 3.37. The molecule has 3 aromatic carbocycles. The number of carboxylic acids is 1. The standard InChI is InChI=1S/C35H32Cl2N2O8S/c1-5-8-25-29(34(43)46-6-2)30(23-17-22(36)11-12-26(23)44-3)39-32(40)28(48-35(39)38-25)16-20-14-24(37)31(27(15-20)45-4)47-18-19-9-7-10-21(13-19)33(41)42/h7,9-17,30H,5-6,8,18H2,1-4H3,(H,41,42)/b28-16+/t30-/m1/s1. The second-order valence-electron chi connectivity index (χ2n) is 10.6. The molecule has 48 heavy (non-hydrogen) atoms. The number of hydrogen-bond donors (Lipinski definition) is 1. The normalized spacial score (nSPS) is 14.3. The lowest BCUT2D eigenvalue weighted by Crippen LogP contribution is -2.40.